The summed E-state index contributed by atoms with van der Waals surface area (Å²) in [6, 6.07) is 1.70. The van der Waals surface area contributed by atoms with Gasteiger partial charge in [-0.1, -0.05) is 0 Å². The van der Waals surface area contributed by atoms with Crippen LogP contribution in [0.25, 0.3) is 0 Å². The van der Waals surface area contributed by atoms with E-state index in [1.165, 1.54) is 7.11 Å². The summed E-state index contributed by atoms with van der Waals surface area (Å²) in [7, 11) is 1.21. The molecule has 1 aromatic heterocycles. The third kappa shape index (κ3) is 1.74. The number of hydrogen-bond donors (Lipinski definition) is 1. The van der Waals surface area contributed by atoms with Crippen LogP contribution in [-0.2, 0) is 4.74 Å². The van der Waals surface area contributed by atoms with Crippen LogP contribution in [0.1, 0.15) is 27.2 Å². The number of esters is 1. The van der Waals surface area contributed by atoms with Gasteiger partial charge in [0, 0.05) is 5.69 Å². The Bertz CT molecular complexity index is 509. The van der Waals surface area contributed by atoms with E-state index < -0.39 is 11.5 Å². The Morgan fingerprint density at radius 3 is 2.53 bits per heavy atom. The molecule has 0 spiro atoms. The lowest BCUT2D eigenvalue weighted by Gasteiger charge is -2.07. The molecule has 0 aromatic carbocycles. The molecule has 0 aliphatic carbocycles. The Hall–Kier alpha value is -2.09. The smallest absolute Gasteiger partial charge is 0.339 e. The molecule has 0 amide bonds. The van der Waals surface area contributed by atoms with Crippen molar-refractivity contribution >= 4 is 5.97 Å². The van der Waals surface area contributed by atoms with Crippen LogP contribution in [-0.4, -0.2) is 18.1 Å². The molecule has 0 saturated carbocycles. The molecular formula is C10H10N2O3. The van der Waals surface area contributed by atoms with Crippen molar-refractivity contribution in [1.29, 1.82) is 5.26 Å². The largest absolute Gasteiger partial charge is 0.465 e. The van der Waals surface area contributed by atoms with Crippen molar-refractivity contribution in [2.24, 2.45) is 0 Å². The molecule has 1 aromatic rings. The van der Waals surface area contributed by atoms with E-state index in [0.717, 1.165) is 0 Å². The number of H-pyrrole nitrogens is 1. The van der Waals surface area contributed by atoms with Crippen LogP contribution >= 0.6 is 0 Å². The predicted octanol–water partition coefficient (Wildman–Crippen LogP) is 0.650. The van der Waals surface area contributed by atoms with Crippen LogP contribution in [0.3, 0.4) is 0 Å². The summed E-state index contributed by atoms with van der Waals surface area (Å²) in [5.41, 5.74) is 0.379. The number of aromatic amines is 1. The fraction of sp³-hybridized carbons (Fsp3) is 0.300. The molecular weight excluding hydrogens is 196 g/mol. The van der Waals surface area contributed by atoms with Crippen molar-refractivity contribution in [3.8, 4) is 6.07 Å². The van der Waals surface area contributed by atoms with Gasteiger partial charge in [0.25, 0.3) is 5.56 Å². The molecule has 0 fully saturated rings. The van der Waals surface area contributed by atoms with Crippen molar-refractivity contribution in [1.82, 2.24) is 4.98 Å². The first kappa shape index (κ1) is 11.0. The monoisotopic (exact) mass is 206 g/mol. The van der Waals surface area contributed by atoms with Gasteiger partial charge in [-0.3, -0.25) is 4.79 Å². The minimum atomic E-state index is -0.668. The van der Waals surface area contributed by atoms with Gasteiger partial charge in [0.1, 0.15) is 11.6 Å². The van der Waals surface area contributed by atoms with E-state index in [1.54, 1.807) is 19.9 Å². The van der Waals surface area contributed by atoms with Crippen LogP contribution in [0.4, 0.5) is 0 Å². The van der Waals surface area contributed by atoms with Crippen LogP contribution in [0.15, 0.2) is 4.79 Å². The number of nitrogens with zero attached hydrogens (tertiary/aromatic N) is 1. The maximum absolute atomic E-state index is 11.4. The lowest BCUT2D eigenvalue weighted by Crippen LogP contribution is -2.20. The van der Waals surface area contributed by atoms with Crippen LogP contribution < -0.4 is 5.56 Å². The molecule has 5 nitrogen and oxygen atoms in total. The molecule has 0 bridgehead atoms. The van der Waals surface area contributed by atoms with Gasteiger partial charge in [-0.2, -0.15) is 5.26 Å². The molecule has 5 heteroatoms. The van der Waals surface area contributed by atoms with Gasteiger partial charge in [0.2, 0.25) is 0 Å². The van der Waals surface area contributed by atoms with Crippen molar-refractivity contribution in [2.75, 3.05) is 7.11 Å². The second-order valence-corrected chi connectivity index (χ2v) is 3.06. The summed E-state index contributed by atoms with van der Waals surface area (Å²) in [6.45, 7) is 3.31. The average molecular weight is 206 g/mol. The summed E-state index contributed by atoms with van der Waals surface area (Å²) in [5, 5.41) is 8.78. The number of nitriles is 1. The van der Waals surface area contributed by atoms with Gasteiger partial charge in [-0.05, 0) is 19.4 Å². The highest BCUT2D eigenvalue weighted by Gasteiger charge is 2.19. The number of pyridine rings is 1. The van der Waals surface area contributed by atoms with Crippen molar-refractivity contribution in [2.45, 2.75) is 13.8 Å². The molecule has 1 heterocycles. The van der Waals surface area contributed by atoms with Gasteiger partial charge < -0.3 is 9.72 Å². The van der Waals surface area contributed by atoms with Crippen molar-refractivity contribution in [3.05, 3.63) is 32.7 Å². The lowest BCUT2D eigenvalue weighted by atomic mass is 10.0. The first-order valence-corrected chi connectivity index (χ1v) is 4.24. The van der Waals surface area contributed by atoms with Crippen LogP contribution in [0, 0.1) is 25.2 Å². The Morgan fingerprint density at radius 2 is 2.07 bits per heavy atom. The van der Waals surface area contributed by atoms with Crippen molar-refractivity contribution < 1.29 is 9.53 Å². The maximum Gasteiger partial charge on any atom is 0.339 e. The van der Waals surface area contributed by atoms with Gasteiger partial charge in [0.05, 0.1) is 12.7 Å². The molecule has 0 unspecified atom stereocenters. The average Bonchev–Trinajstić information content (AvgIpc) is 2.21. The summed E-state index contributed by atoms with van der Waals surface area (Å²) in [4.78, 5) is 25.3. The number of methoxy groups -OCH3 is 1. The zero-order chi connectivity index (χ0) is 11.6. The van der Waals surface area contributed by atoms with Gasteiger partial charge in [0.15, 0.2) is 0 Å². The third-order valence-corrected chi connectivity index (χ3v) is 2.22. The highest BCUT2D eigenvalue weighted by molar-refractivity contribution is 5.93. The summed E-state index contributed by atoms with van der Waals surface area (Å²) >= 11 is 0. The number of carbonyl (C=O) groups is 1. The van der Waals surface area contributed by atoms with E-state index in [2.05, 4.69) is 9.72 Å². The van der Waals surface area contributed by atoms with Crippen molar-refractivity contribution in [3.63, 3.8) is 0 Å². The Kier molecular flexibility index (Phi) is 2.90. The standard InChI is InChI=1S/C10H10N2O3/c1-5-6(2)12-9(13)7(4-11)8(5)10(14)15-3/h1-3H3,(H,12,13). The van der Waals surface area contributed by atoms with Crippen LogP contribution in [0.5, 0.6) is 0 Å². The quantitative estimate of drug-likeness (QED) is 0.684. The highest BCUT2D eigenvalue weighted by Crippen LogP contribution is 2.13. The Morgan fingerprint density at radius 1 is 1.47 bits per heavy atom. The van der Waals surface area contributed by atoms with Gasteiger partial charge >= 0.3 is 5.97 Å². The lowest BCUT2D eigenvalue weighted by molar-refractivity contribution is 0.0599. The zero-order valence-corrected chi connectivity index (χ0v) is 8.67. The van der Waals surface area contributed by atoms with Gasteiger partial charge in [-0.25, -0.2) is 4.79 Å². The number of ether oxygens (including phenoxy) is 1. The molecule has 1 N–H and O–H groups in total. The minimum absolute atomic E-state index is 0.0428. The topological polar surface area (TPSA) is 83.0 Å². The molecule has 0 aliphatic heterocycles. The Labute approximate surface area is 86.3 Å². The summed E-state index contributed by atoms with van der Waals surface area (Å²) in [6.07, 6.45) is 0. The zero-order valence-electron chi connectivity index (χ0n) is 8.67. The van der Waals surface area contributed by atoms with E-state index in [4.69, 9.17) is 5.26 Å². The molecule has 0 aliphatic rings. The fourth-order valence-electron chi connectivity index (χ4n) is 1.28. The summed E-state index contributed by atoms with van der Waals surface area (Å²) in [5.74, 6) is -0.668. The number of carbonyl (C=O) groups excluding carboxylic acids is 1. The first-order valence-electron chi connectivity index (χ1n) is 4.24. The second-order valence-electron chi connectivity index (χ2n) is 3.06. The highest BCUT2D eigenvalue weighted by atomic mass is 16.5. The SMILES string of the molecule is COC(=O)c1c(C)c(C)[nH]c(=O)c1C#N. The number of rotatable bonds is 1. The van der Waals surface area contributed by atoms with E-state index in [9.17, 15) is 9.59 Å². The number of aromatic nitrogens is 1. The molecule has 0 saturated heterocycles. The number of aryl methyl sites for hydroxylation is 1. The van der Waals surface area contributed by atoms with E-state index >= 15 is 0 Å². The maximum atomic E-state index is 11.4. The van der Waals surface area contributed by atoms with Gasteiger partial charge in [-0.15, -0.1) is 0 Å². The van der Waals surface area contributed by atoms with Crippen LogP contribution in [0.2, 0.25) is 0 Å². The normalized spacial score (nSPS) is 9.47. The molecule has 1 rings (SSSR count). The summed E-state index contributed by atoms with van der Waals surface area (Å²) < 4.78 is 4.53. The van der Waals surface area contributed by atoms with E-state index in [-0.39, 0.29) is 11.1 Å². The predicted molar refractivity (Wildman–Crippen MR) is 52.6 cm³/mol. The molecule has 0 radical (unpaired) electrons. The van der Waals surface area contributed by atoms with E-state index in [0.29, 0.717) is 11.3 Å². The minimum Gasteiger partial charge on any atom is -0.465 e. The second kappa shape index (κ2) is 3.96. The Balaban J connectivity index is 3.68. The third-order valence-electron chi connectivity index (χ3n) is 2.22. The van der Waals surface area contributed by atoms with E-state index in [1.807, 2.05) is 0 Å². The molecule has 78 valence electrons. The number of hydrogen-bond acceptors (Lipinski definition) is 4. The molecule has 15 heavy (non-hydrogen) atoms. The first-order chi connectivity index (χ1) is 7.02. The molecule has 0 atom stereocenters. The fourth-order valence-corrected chi connectivity index (χ4v) is 1.28. The number of nitrogens with one attached hydrogen (secondary N) is 1.